The first-order valence-corrected chi connectivity index (χ1v) is 10.0. The average molecular weight is 394 g/mol. The maximum absolute atomic E-state index is 12.6. The second kappa shape index (κ2) is 9.55. The minimum atomic E-state index is -0.114. The largest absolute Gasteiger partial charge is 0.493 e. The summed E-state index contributed by atoms with van der Waals surface area (Å²) in [5.74, 6) is 0.562. The minimum Gasteiger partial charge on any atom is -0.493 e. The summed E-state index contributed by atoms with van der Waals surface area (Å²) >= 11 is 0. The molecule has 0 heterocycles. The average Bonchev–Trinajstić information content (AvgIpc) is 2.72. The second-order valence-electron chi connectivity index (χ2n) is 7.90. The monoisotopic (exact) mass is 393 g/mol. The predicted octanol–water partition coefficient (Wildman–Crippen LogP) is 5.37. The van der Waals surface area contributed by atoms with Crippen molar-refractivity contribution in [2.45, 2.75) is 39.5 Å². The van der Waals surface area contributed by atoms with E-state index < -0.39 is 0 Å². The first kappa shape index (κ1) is 22.4. The normalized spacial score (nSPS) is 11.5. The minimum absolute atomic E-state index is 0.0478. The van der Waals surface area contributed by atoms with Gasteiger partial charge in [0, 0.05) is 30.8 Å². The molecule has 2 aromatic carbocycles. The van der Waals surface area contributed by atoms with E-state index in [0.29, 0.717) is 17.7 Å². The van der Waals surface area contributed by atoms with Gasteiger partial charge in [0.1, 0.15) is 5.75 Å². The van der Waals surface area contributed by atoms with E-state index in [0.717, 1.165) is 17.7 Å². The van der Waals surface area contributed by atoms with Crippen LogP contribution in [-0.2, 0) is 5.41 Å². The first-order valence-electron chi connectivity index (χ1n) is 10.0. The fraction of sp³-hybridized carbons (Fsp3) is 0.360. The van der Waals surface area contributed by atoms with Crippen LogP contribution in [0.25, 0.3) is 6.08 Å². The van der Waals surface area contributed by atoms with Crippen LogP contribution < -0.4 is 4.74 Å². The maximum Gasteiger partial charge on any atom is 0.253 e. The van der Waals surface area contributed by atoms with Crippen LogP contribution in [0.4, 0.5) is 0 Å². The summed E-state index contributed by atoms with van der Waals surface area (Å²) in [6.45, 7) is 9.09. The van der Waals surface area contributed by atoms with Crippen molar-refractivity contribution < 1.29 is 14.3 Å². The molecule has 0 radical (unpaired) electrons. The van der Waals surface area contributed by atoms with Crippen LogP contribution in [0.1, 0.15) is 66.0 Å². The SMILES string of the molecule is CCOc1ccc(C(C)(C)CC)cc1/C=C/C(=O)c1ccc(C(=O)N(C)C)cc1. The van der Waals surface area contributed by atoms with Crippen LogP contribution in [-0.4, -0.2) is 37.3 Å². The molecule has 2 aromatic rings. The zero-order valence-corrected chi connectivity index (χ0v) is 18.3. The lowest BCUT2D eigenvalue weighted by atomic mass is 9.81. The highest BCUT2D eigenvalue weighted by Gasteiger charge is 2.19. The van der Waals surface area contributed by atoms with Gasteiger partial charge in [-0.25, -0.2) is 0 Å². The Bertz CT molecular complexity index is 893. The predicted molar refractivity (Wildman–Crippen MR) is 119 cm³/mol. The number of ether oxygens (including phenoxy) is 1. The van der Waals surface area contributed by atoms with E-state index in [1.165, 1.54) is 10.5 Å². The van der Waals surface area contributed by atoms with Gasteiger partial charge in [-0.15, -0.1) is 0 Å². The molecule has 0 aliphatic carbocycles. The molecule has 4 nitrogen and oxygen atoms in total. The van der Waals surface area contributed by atoms with Gasteiger partial charge in [0.05, 0.1) is 6.61 Å². The molecular weight excluding hydrogens is 362 g/mol. The zero-order valence-electron chi connectivity index (χ0n) is 18.3. The van der Waals surface area contributed by atoms with Crippen molar-refractivity contribution in [2.24, 2.45) is 0 Å². The van der Waals surface area contributed by atoms with Gasteiger partial charge in [-0.05, 0) is 60.7 Å². The van der Waals surface area contributed by atoms with Crippen LogP contribution >= 0.6 is 0 Å². The van der Waals surface area contributed by atoms with Crippen molar-refractivity contribution in [3.05, 3.63) is 70.8 Å². The van der Waals surface area contributed by atoms with E-state index in [1.807, 2.05) is 13.0 Å². The second-order valence-corrected chi connectivity index (χ2v) is 7.90. The van der Waals surface area contributed by atoms with E-state index >= 15 is 0 Å². The fourth-order valence-electron chi connectivity index (χ4n) is 2.89. The van der Waals surface area contributed by atoms with E-state index in [1.54, 1.807) is 50.5 Å². The molecule has 0 N–H and O–H groups in total. The van der Waals surface area contributed by atoms with Gasteiger partial charge in [-0.1, -0.05) is 39.0 Å². The smallest absolute Gasteiger partial charge is 0.253 e. The molecule has 0 unspecified atom stereocenters. The number of benzene rings is 2. The molecule has 0 aliphatic rings. The Kier molecular flexibility index (Phi) is 7.38. The van der Waals surface area contributed by atoms with E-state index in [2.05, 4.69) is 32.9 Å². The van der Waals surface area contributed by atoms with Crippen molar-refractivity contribution in [3.8, 4) is 5.75 Å². The number of amides is 1. The zero-order chi connectivity index (χ0) is 21.6. The molecule has 0 bridgehead atoms. The van der Waals surface area contributed by atoms with E-state index in [4.69, 9.17) is 4.74 Å². The lowest BCUT2D eigenvalue weighted by molar-refractivity contribution is 0.0827. The third kappa shape index (κ3) is 5.57. The number of ketones is 1. The molecule has 0 spiro atoms. The van der Waals surface area contributed by atoms with Crippen molar-refractivity contribution >= 4 is 17.8 Å². The van der Waals surface area contributed by atoms with Gasteiger partial charge >= 0.3 is 0 Å². The Morgan fingerprint density at radius 2 is 1.62 bits per heavy atom. The van der Waals surface area contributed by atoms with Gasteiger partial charge in [-0.2, -0.15) is 0 Å². The summed E-state index contributed by atoms with van der Waals surface area (Å²) in [5, 5.41) is 0. The molecule has 154 valence electrons. The Morgan fingerprint density at radius 3 is 2.17 bits per heavy atom. The van der Waals surface area contributed by atoms with Crippen molar-refractivity contribution in [3.63, 3.8) is 0 Å². The van der Waals surface area contributed by atoms with Crippen molar-refractivity contribution in [1.82, 2.24) is 4.90 Å². The third-order valence-corrected chi connectivity index (χ3v) is 5.21. The Hall–Kier alpha value is -2.88. The highest BCUT2D eigenvalue weighted by molar-refractivity contribution is 6.07. The van der Waals surface area contributed by atoms with Gasteiger partial charge in [0.2, 0.25) is 0 Å². The Labute approximate surface area is 174 Å². The van der Waals surface area contributed by atoms with Gasteiger partial charge < -0.3 is 9.64 Å². The van der Waals surface area contributed by atoms with Gasteiger partial charge in [0.15, 0.2) is 5.78 Å². The Morgan fingerprint density at radius 1 is 1.00 bits per heavy atom. The topological polar surface area (TPSA) is 46.6 Å². The van der Waals surface area contributed by atoms with E-state index in [9.17, 15) is 9.59 Å². The number of carbonyl (C=O) groups excluding carboxylic acids is 2. The van der Waals surface area contributed by atoms with Crippen LogP contribution in [0.5, 0.6) is 5.75 Å². The first-order chi connectivity index (χ1) is 13.7. The summed E-state index contributed by atoms with van der Waals surface area (Å²) in [5.41, 5.74) is 3.25. The standard InChI is InChI=1S/C25H31NO3/c1-7-25(3,4)21-14-16-23(29-8-2)20(17-21)13-15-22(27)18-9-11-19(12-10-18)24(28)26(5)6/h9-17H,7-8H2,1-6H3/b15-13+. The summed E-state index contributed by atoms with van der Waals surface area (Å²) in [7, 11) is 3.40. The molecule has 0 fully saturated rings. The highest BCUT2D eigenvalue weighted by Crippen LogP contribution is 2.31. The van der Waals surface area contributed by atoms with Crippen LogP contribution in [0.3, 0.4) is 0 Å². The summed E-state index contributed by atoms with van der Waals surface area (Å²) in [6.07, 6.45) is 4.38. The van der Waals surface area contributed by atoms with Crippen molar-refractivity contribution in [2.75, 3.05) is 20.7 Å². The molecule has 1 amide bonds. The maximum atomic E-state index is 12.6. The summed E-state index contributed by atoms with van der Waals surface area (Å²) < 4.78 is 5.74. The number of nitrogens with zero attached hydrogens (tertiary/aromatic N) is 1. The van der Waals surface area contributed by atoms with Gasteiger partial charge in [0.25, 0.3) is 5.91 Å². The quantitative estimate of drug-likeness (QED) is 0.447. The molecule has 2 rings (SSSR count). The van der Waals surface area contributed by atoms with Crippen LogP contribution in [0, 0.1) is 0 Å². The fourth-order valence-corrected chi connectivity index (χ4v) is 2.89. The molecule has 29 heavy (non-hydrogen) atoms. The highest BCUT2D eigenvalue weighted by atomic mass is 16.5. The molecule has 0 aromatic heterocycles. The molecule has 0 saturated carbocycles. The molecule has 4 heteroatoms. The number of rotatable bonds is 8. The van der Waals surface area contributed by atoms with Crippen LogP contribution in [0.15, 0.2) is 48.5 Å². The molecule has 0 saturated heterocycles. The third-order valence-electron chi connectivity index (χ3n) is 5.21. The summed E-state index contributed by atoms with van der Waals surface area (Å²) in [6, 6.07) is 12.9. The number of carbonyl (C=O) groups is 2. The number of hydrogen-bond donors (Lipinski definition) is 0. The number of hydrogen-bond acceptors (Lipinski definition) is 3. The van der Waals surface area contributed by atoms with Gasteiger partial charge in [-0.3, -0.25) is 9.59 Å². The van der Waals surface area contributed by atoms with Crippen molar-refractivity contribution in [1.29, 1.82) is 0 Å². The Balaban J connectivity index is 2.28. The lowest BCUT2D eigenvalue weighted by Crippen LogP contribution is -2.21. The molecule has 0 atom stereocenters. The lowest BCUT2D eigenvalue weighted by Gasteiger charge is -2.24. The molecule has 0 aliphatic heterocycles. The van der Waals surface area contributed by atoms with E-state index in [-0.39, 0.29) is 17.1 Å². The molecular formula is C25H31NO3. The summed E-state index contributed by atoms with van der Waals surface area (Å²) in [4.78, 5) is 26.1. The van der Waals surface area contributed by atoms with Crippen LogP contribution in [0.2, 0.25) is 0 Å². The number of allylic oxidation sites excluding steroid dienone is 1.